The van der Waals surface area contributed by atoms with Gasteiger partial charge in [0, 0.05) is 6.42 Å². The van der Waals surface area contributed by atoms with Crippen LogP contribution in [-0.2, 0) is 11.2 Å². The van der Waals surface area contributed by atoms with Crippen LogP contribution >= 0.6 is 0 Å². The minimum absolute atomic E-state index is 0.0238. The number of methoxy groups -OCH3 is 1. The fourth-order valence-electron chi connectivity index (χ4n) is 1.20. The summed E-state index contributed by atoms with van der Waals surface area (Å²) in [4.78, 5) is 11.7. The van der Waals surface area contributed by atoms with Gasteiger partial charge in [-0.25, -0.2) is 0 Å². The summed E-state index contributed by atoms with van der Waals surface area (Å²) in [7, 11) is 1.60. The quantitative estimate of drug-likeness (QED) is 0.814. The number of hydrogen-bond donors (Lipinski definition) is 1. The molecule has 0 aliphatic heterocycles. The van der Waals surface area contributed by atoms with Crippen molar-refractivity contribution in [2.45, 2.75) is 25.8 Å². The molecule has 0 aliphatic rings. The molecular weight excluding hydrogens is 190 g/mol. The number of carbonyl (C=O) groups excluding carboxylic acids is 1. The number of nitrogens with two attached hydrogens (primary N) is 1. The van der Waals surface area contributed by atoms with Crippen molar-refractivity contribution in [3.63, 3.8) is 0 Å². The predicted molar refractivity (Wildman–Crippen MR) is 60.0 cm³/mol. The van der Waals surface area contributed by atoms with E-state index in [4.69, 9.17) is 10.5 Å². The Morgan fingerprint density at radius 2 is 2.13 bits per heavy atom. The molecule has 82 valence electrons. The molecule has 2 N–H and O–H groups in total. The van der Waals surface area contributed by atoms with E-state index in [1.54, 1.807) is 21.0 Å². The summed E-state index contributed by atoms with van der Waals surface area (Å²) in [5.74, 6) is 0.783. The maximum absolute atomic E-state index is 11.7. The van der Waals surface area contributed by atoms with E-state index in [9.17, 15) is 4.79 Å². The van der Waals surface area contributed by atoms with E-state index in [-0.39, 0.29) is 5.78 Å². The first-order chi connectivity index (χ1) is 6.93. The molecule has 0 spiro atoms. The van der Waals surface area contributed by atoms with Crippen LogP contribution in [0.2, 0.25) is 0 Å². The van der Waals surface area contributed by atoms with Gasteiger partial charge in [-0.2, -0.15) is 0 Å². The van der Waals surface area contributed by atoms with Gasteiger partial charge in [-0.05, 0) is 31.5 Å². The van der Waals surface area contributed by atoms with Crippen molar-refractivity contribution >= 4 is 5.78 Å². The highest BCUT2D eigenvalue weighted by atomic mass is 16.5. The van der Waals surface area contributed by atoms with Gasteiger partial charge in [0.05, 0.1) is 12.6 Å². The Kier molecular flexibility index (Phi) is 3.48. The first-order valence-corrected chi connectivity index (χ1v) is 4.88. The predicted octanol–water partition coefficient (Wildman–Crippen LogP) is 1.54. The van der Waals surface area contributed by atoms with Crippen LogP contribution in [0.5, 0.6) is 5.75 Å². The summed E-state index contributed by atoms with van der Waals surface area (Å²) in [5, 5.41) is 0. The number of ketones is 1. The van der Waals surface area contributed by atoms with Gasteiger partial charge in [0.1, 0.15) is 5.75 Å². The maximum Gasteiger partial charge on any atom is 0.156 e. The monoisotopic (exact) mass is 207 g/mol. The molecule has 0 saturated carbocycles. The van der Waals surface area contributed by atoms with Crippen molar-refractivity contribution in [3.05, 3.63) is 29.8 Å². The number of carbonyl (C=O) groups is 1. The number of ether oxygens (including phenoxy) is 1. The molecule has 0 amide bonds. The van der Waals surface area contributed by atoms with Crippen molar-refractivity contribution in [2.24, 2.45) is 5.73 Å². The Morgan fingerprint density at radius 3 is 2.67 bits per heavy atom. The summed E-state index contributed by atoms with van der Waals surface area (Å²) in [6.07, 6.45) is 0.348. The van der Waals surface area contributed by atoms with Crippen molar-refractivity contribution in [1.29, 1.82) is 0 Å². The number of Topliss-reactive ketones (excluding diaryl/α,β-unsaturated/α-hetero) is 1. The zero-order chi connectivity index (χ0) is 11.5. The average Bonchev–Trinajstić information content (AvgIpc) is 2.16. The second kappa shape index (κ2) is 4.45. The number of benzene rings is 1. The van der Waals surface area contributed by atoms with E-state index < -0.39 is 5.54 Å². The van der Waals surface area contributed by atoms with E-state index >= 15 is 0 Å². The normalized spacial score (nSPS) is 11.2. The first-order valence-electron chi connectivity index (χ1n) is 4.88. The minimum Gasteiger partial charge on any atom is -0.497 e. The van der Waals surface area contributed by atoms with Crippen LogP contribution in [-0.4, -0.2) is 18.4 Å². The highest BCUT2D eigenvalue weighted by Gasteiger charge is 2.21. The van der Waals surface area contributed by atoms with Crippen LogP contribution in [0, 0.1) is 0 Å². The largest absolute Gasteiger partial charge is 0.497 e. The highest BCUT2D eigenvalue weighted by molar-refractivity contribution is 5.89. The summed E-state index contributed by atoms with van der Waals surface area (Å²) in [5.41, 5.74) is 5.87. The second-order valence-electron chi connectivity index (χ2n) is 4.17. The SMILES string of the molecule is COc1cccc(CC(=O)C(C)(C)N)c1. The molecule has 15 heavy (non-hydrogen) atoms. The third-order valence-electron chi connectivity index (χ3n) is 2.22. The molecule has 0 radical (unpaired) electrons. The van der Waals surface area contributed by atoms with E-state index in [0.717, 1.165) is 11.3 Å². The van der Waals surface area contributed by atoms with Crippen LogP contribution in [0.1, 0.15) is 19.4 Å². The Morgan fingerprint density at radius 1 is 1.47 bits per heavy atom. The molecule has 0 bridgehead atoms. The summed E-state index contributed by atoms with van der Waals surface area (Å²) in [6, 6.07) is 7.46. The molecule has 0 aromatic heterocycles. The summed E-state index contributed by atoms with van der Waals surface area (Å²) in [6.45, 7) is 3.44. The lowest BCUT2D eigenvalue weighted by Gasteiger charge is -2.16. The number of hydrogen-bond acceptors (Lipinski definition) is 3. The van der Waals surface area contributed by atoms with Gasteiger partial charge in [-0.3, -0.25) is 4.79 Å². The molecule has 1 aromatic rings. The third kappa shape index (κ3) is 3.36. The third-order valence-corrected chi connectivity index (χ3v) is 2.22. The topological polar surface area (TPSA) is 52.3 Å². The van der Waals surface area contributed by atoms with Crippen LogP contribution in [0.4, 0.5) is 0 Å². The zero-order valence-electron chi connectivity index (χ0n) is 9.41. The lowest BCUT2D eigenvalue weighted by molar-refractivity contribution is -0.122. The first kappa shape index (κ1) is 11.7. The van der Waals surface area contributed by atoms with E-state index in [1.165, 1.54) is 0 Å². The van der Waals surface area contributed by atoms with Gasteiger partial charge in [-0.15, -0.1) is 0 Å². The molecule has 0 atom stereocenters. The molecule has 3 nitrogen and oxygen atoms in total. The van der Waals surface area contributed by atoms with Gasteiger partial charge in [0.25, 0.3) is 0 Å². The molecule has 0 unspecified atom stereocenters. The van der Waals surface area contributed by atoms with Gasteiger partial charge in [0.15, 0.2) is 5.78 Å². The second-order valence-corrected chi connectivity index (χ2v) is 4.17. The molecule has 0 heterocycles. The van der Waals surface area contributed by atoms with Crippen LogP contribution in [0.3, 0.4) is 0 Å². The summed E-state index contributed by atoms with van der Waals surface area (Å²) < 4.78 is 5.08. The van der Waals surface area contributed by atoms with E-state index in [2.05, 4.69) is 0 Å². The standard InChI is InChI=1S/C12H17NO2/c1-12(2,13)11(14)8-9-5-4-6-10(7-9)15-3/h4-7H,8,13H2,1-3H3. The van der Waals surface area contributed by atoms with Crippen molar-refractivity contribution in [2.75, 3.05) is 7.11 Å². The lowest BCUT2D eigenvalue weighted by Crippen LogP contribution is -2.42. The van der Waals surface area contributed by atoms with Crippen molar-refractivity contribution in [1.82, 2.24) is 0 Å². The molecule has 3 heteroatoms. The number of rotatable bonds is 4. The Balaban J connectivity index is 2.77. The fourth-order valence-corrected chi connectivity index (χ4v) is 1.20. The van der Waals surface area contributed by atoms with Gasteiger partial charge in [0.2, 0.25) is 0 Å². The van der Waals surface area contributed by atoms with Crippen molar-refractivity contribution < 1.29 is 9.53 Å². The molecule has 0 saturated heterocycles. The van der Waals surface area contributed by atoms with Crippen LogP contribution in [0.25, 0.3) is 0 Å². The Hall–Kier alpha value is -1.35. The average molecular weight is 207 g/mol. The molecule has 1 rings (SSSR count). The molecule has 0 fully saturated rings. The van der Waals surface area contributed by atoms with Crippen LogP contribution in [0.15, 0.2) is 24.3 Å². The van der Waals surface area contributed by atoms with Gasteiger partial charge >= 0.3 is 0 Å². The molecule has 0 aliphatic carbocycles. The minimum atomic E-state index is -0.775. The zero-order valence-corrected chi connectivity index (χ0v) is 9.41. The lowest BCUT2D eigenvalue weighted by atomic mass is 9.95. The van der Waals surface area contributed by atoms with E-state index in [1.807, 2.05) is 24.3 Å². The summed E-state index contributed by atoms with van der Waals surface area (Å²) >= 11 is 0. The van der Waals surface area contributed by atoms with Gasteiger partial charge in [-0.1, -0.05) is 12.1 Å². The Bertz CT molecular complexity index is 353. The maximum atomic E-state index is 11.7. The van der Waals surface area contributed by atoms with Crippen LogP contribution < -0.4 is 10.5 Å². The van der Waals surface area contributed by atoms with Crippen molar-refractivity contribution in [3.8, 4) is 5.75 Å². The molecular formula is C12H17NO2. The smallest absolute Gasteiger partial charge is 0.156 e. The Labute approximate surface area is 90.2 Å². The van der Waals surface area contributed by atoms with E-state index in [0.29, 0.717) is 6.42 Å². The fraction of sp³-hybridized carbons (Fsp3) is 0.417. The molecule has 1 aromatic carbocycles. The highest BCUT2D eigenvalue weighted by Crippen LogP contribution is 2.14. The van der Waals surface area contributed by atoms with Gasteiger partial charge < -0.3 is 10.5 Å².